The number of rotatable bonds is 3. The molecule has 24 heavy (non-hydrogen) atoms. The van der Waals surface area contributed by atoms with Crippen LogP contribution in [0.5, 0.6) is 0 Å². The predicted octanol–water partition coefficient (Wildman–Crippen LogP) is 4.68. The summed E-state index contributed by atoms with van der Waals surface area (Å²) in [4.78, 5) is 3.37. The lowest BCUT2D eigenvalue weighted by Gasteiger charge is -2.11. The highest BCUT2D eigenvalue weighted by molar-refractivity contribution is 5.83. The molecule has 0 aliphatic rings. The normalized spacial score (nSPS) is 11.1. The summed E-state index contributed by atoms with van der Waals surface area (Å²) in [5.41, 5.74) is -0.461. The molecule has 0 saturated heterocycles. The van der Waals surface area contributed by atoms with Crippen LogP contribution < -0.4 is 5.32 Å². The molecular formula is C16H8F6N2. The fraction of sp³-hybridized carbons (Fsp3) is 0.0625. The van der Waals surface area contributed by atoms with Crippen LogP contribution in [0.15, 0.2) is 30.3 Å². The van der Waals surface area contributed by atoms with Crippen LogP contribution in [0, 0.1) is 34.9 Å². The summed E-state index contributed by atoms with van der Waals surface area (Å²) in [5, 5.41) is 1.03. The van der Waals surface area contributed by atoms with E-state index in [4.69, 9.17) is 0 Å². The Balaban J connectivity index is 2.12. The molecule has 124 valence electrons. The first-order chi connectivity index (χ1) is 11.4. The van der Waals surface area contributed by atoms with Crippen LogP contribution >= 0.6 is 0 Å². The molecule has 0 fully saturated rings. The first-order valence-corrected chi connectivity index (χ1v) is 6.70. The number of halogens is 6. The van der Waals surface area contributed by atoms with Gasteiger partial charge in [0.05, 0.1) is 5.39 Å². The van der Waals surface area contributed by atoms with Crippen molar-refractivity contribution in [3.8, 4) is 0 Å². The maximum Gasteiger partial charge on any atom is 0.201 e. The number of pyridine rings is 1. The van der Waals surface area contributed by atoms with Crippen LogP contribution in [0.4, 0.5) is 32.2 Å². The molecule has 1 aromatic heterocycles. The van der Waals surface area contributed by atoms with Crippen molar-refractivity contribution in [2.75, 3.05) is 5.32 Å². The van der Waals surface area contributed by atoms with E-state index in [9.17, 15) is 26.3 Å². The molecule has 0 aliphatic heterocycles. The van der Waals surface area contributed by atoms with Crippen LogP contribution in [-0.4, -0.2) is 4.98 Å². The molecule has 0 aliphatic carbocycles. The van der Waals surface area contributed by atoms with Gasteiger partial charge in [0, 0.05) is 6.54 Å². The molecule has 2 aromatic carbocycles. The number of anilines is 1. The van der Waals surface area contributed by atoms with Crippen molar-refractivity contribution in [3.63, 3.8) is 0 Å². The summed E-state index contributed by atoms with van der Waals surface area (Å²) >= 11 is 0. The predicted molar refractivity (Wildman–Crippen MR) is 75.3 cm³/mol. The monoisotopic (exact) mass is 342 g/mol. The lowest BCUT2D eigenvalue weighted by Crippen LogP contribution is -2.09. The van der Waals surface area contributed by atoms with Crippen molar-refractivity contribution >= 4 is 16.7 Å². The summed E-state index contributed by atoms with van der Waals surface area (Å²) in [6, 6.07) is 8.51. The van der Waals surface area contributed by atoms with Crippen LogP contribution in [0.1, 0.15) is 5.56 Å². The van der Waals surface area contributed by atoms with E-state index in [0.29, 0.717) is 5.56 Å². The van der Waals surface area contributed by atoms with E-state index in [2.05, 4.69) is 10.3 Å². The minimum atomic E-state index is -2.23. The molecule has 0 bridgehead atoms. The van der Waals surface area contributed by atoms with Gasteiger partial charge in [-0.2, -0.15) is 4.39 Å². The van der Waals surface area contributed by atoms with Crippen molar-refractivity contribution in [3.05, 3.63) is 70.8 Å². The van der Waals surface area contributed by atoms with E-state index in [1.807, 2.05) is 0 Å². The SMILES string of the molecule is Fc1c(F)c(F)c2c(F)c(F)c(NCc3ccccc3)nc2c1F. The van der Waals surface area contributed by atoms with Gasteiger partial charge in [-0.25, -0.2) is 26.9 Å². The Morgan fingerprint density at radius 2 is 1.29 bits per heavy atom. The summed E-state index contributed by atoms with van der Waals surface area (Å²) in [6.45, 7) is 0.00346. The Morgan fingerprint density at radius 1 is 0.708 bits per heavy atom. The first-order valence-electron chi connectivity index (χ1n) is 6.70. The van der Waals surface area contributed by atoms with Gasteiger partial charge in [0.2, 0.25) is 5.82 Å². The maximum absolute atomic E-state index is 14.0. The number of nitrogens with one attached hydrogen (secondary N) is 1. The van der Waals surface area contributed by atoms with Crippen molar-refractivity contribution in [2.45, 2.75) is 6.54 Å². The number of benzene rings is 2. The van der Waals surface area contributed by atoms with Crippen molar-refractivity contribution in [1.29, 1.82) is 0 Å². The molecular weight excluding hydrogens is 334 g/mol. The Morgan fingerprint density at radius 3 is 1.96 bits per heavy atom. The van der Waals surface area contributed by atoms with E-state index in [1.165, 1.54) is 0 Å². The van der Waals surface area contributed by atoms with E-state index in [-0.39, 0.29) is 6.54 Å². The summed E-state index contributed by atoms with van der Waals surface area (Å²) in [7, 11) is 0. The molecule has 1 heterocycles. The summed E-state index contributed by atoms with van der Waals surface area (Å²) in [5.74, 6) is -12.5. The fourth-order valence-corrected chi connectivity index (χ4v) is 2.20. The van der Waals surface area contributed by atoms with E-state index < -0.39 is 51.6 Å². The third-order valence-corrected chi connectivity index (χ3v) is 3.39. The van der Waals surface area contributed by atoms with Crippen LogP contribution in [0.25, 0.3) is 10.9 Å². The Labute approximate surface area is 131 Å². The quantitative estimate of drug-likeness (QED) is 0.425. The molecule has 2 nitrogen and oxygen atoms in total. The minimum absolute atomic E-state index is 0.00346. The lowest BCUT2D eigenvalue weighted by molar-refractivity contribution is 0.413. The third kappa shape index (κ3) is 2.53. The van der Waals surface area contributed by atoms with Gasteiger partial charge in [0.25, 0.3) is 0 Å². The summed E-state index contributed by atoms with van der Waals surface area (Å²) < 4.78 is 81.8. The van der Waals surface area contributed by atoms with Crippen LogP contribution in [-0.2, 0) is 6.54 Å². The fourth-order valence-electron chi connectivity index (χ4n) is 2.20. The summed E-state index contributed by atoms with van der Waals surface area (Å²) in [6.07, 6.45) is 0. The molecule has 0 radical (unpaired) electrons. The topological polar surface area (TPSA) is 24.9 Å². The van der Waals surface area contributed by atoms with E-state index in [1.54, 1.807) is 30.3 Å². The zero-order valence-corrected chi connectivity index (χ0v) is 11.8. The number of aromatic nitrogens is 1. The van der Waals surface area contributed by atoms with Gasteiger partial charge < -0.3 is 5.32 Å². The molecule has 0 atom stereocenters. The maximum atomic E-state index is 14.0. The van der Waals surface area contributed by atoms with Gasteiger partial charge in [0.1, 0.15) is 5.52 Å². The van der Waals surface area contributed by atoms with E-state index in [0.717, 1.165) is 0 Å². The second-order valence-electron chi connectivity index (χ2n) is 4.91. The Kier molecular flexibility index (Phi) is 4.04. The van der Waals surface area contributed by atoms with Gasteiger partial charge in [-0.1, -0.05) is 30.3 Å². The zero-order valence-electron chi connectivity index (χ0n) is 11.8. The van der Waals surface area contributed by atoms with Crippen molar-refractivity contribution < 1.29 is 26.3 Å². The first kappa shape index (κ1) is 16.1. The van der Waals surface area contributed by atoms with Gasteiger partial charge in [-0.3, -0.25) is 0 Å². The highest BCUT2D eigenvalue weighted by Gasteiger charge is 2.27. The van der Waals surface area contributed by atoms with Crippen LogP contribution in [0.2, 0.25) is 0 Å². The van der Waals surface area contributed by atoms with Crippen molar-refractivity contribution in [1.82, 2.24) is 4.98 Å². The molecule has 3 aromatic rings. The minimum Gasteiger partial charge on any atom is -0.363 e. The average Bonchev–Trinajstić information content (AvgIpc) is 2.60. The van der Waals surface area contributed by atoms with Crippen LogP contribution in [0.3, 0.4) is 0 Å². The molecule has 0 spiro atoms. The molecule has 3 rings (SSSR count). The number of hydrogen-bond acceptors (Lipinski definition) is 2. The molecule has 0 amide bonds. The van der Waals surface area contributed by atoms with Gasteiger partial charge >= 0.3 is 0 Å². The van der Waals surface area contributed by atoms with Gasteiger partial charge in [-0.05, 0) is 5.56 Å². The smallest absolute Gasteiger partial charge is 0.201 e. The highest BCUT2D eigenvalue weighted by atomic mass is 19.2. The third-order valence-electron chi connectivity index (χ3n) is 3.39. The average molecular weight is 342 g/mol. The number of nitrogens with zero attached hydrogens (tertiary/aromatic N) is 1. The second-order valence-corrected chi connectivity index (χ2v) is 4.91. The molecule has 8 heteroatoms. The largest absolute Gasteiger partial charge is 0.363 e. The lowest BCUT2D eigenvalue weighted by atomic mass is 10.1. The number of hydrogen-bond donors (Lipinski definition) is 1. The molecule has 1 N–H and O–H groups in total. The van der Waals surface area contributed by atoms with Crippen molar-refractivity contribution in [2.24, 2.45) is 0 Å². The second kappa shape index (κ2) is 6.03. The molecule has 0 unspecified atom stereocenters. The number of fused-ring (bicyclic) bond motifs is 1. The zero-order chi connectivity index (χ0) is 17.4. The standard InChI is InChI=1S/C16H8F6N2/c17-9-8-10(18)14(22)16(23-6-7-4-2-1-3-5-7)24-15(8)13(21)12(20)11(9)19/h1-5H,6H2,(H,23,24). The van der Waals surface area contributed by atoms with Gasteiger partial charge in [-0.15, -0.1) is 0 Å². The Hall–Kier alpha value is -2.77. The van der Waals surface area contributed by atoms with Gasteiger partial charge in [0.15, 0.2) is 34.9 Å². The highest BCUT2D eigenvalue weighted by Crippen LogP contribution is 2.31. The van der Waals surface area contributed by atoms with E-state index >= 15 is 0 Å². The Bertz CT molecular complexity index is 927. The molecule has 0 saturated carbocycles.